The van der Waals surface area contributed by atoms with Crippen molar-refractivity contribution in [3.63, 3.8) is 0 Å². The first kappa shape index (κ1) is 32.1. The van der Waals surface area contributed by atoms with E-state index in [1.165, 1.54) is 4.31 Å². The van der Waals surface area contributed by atoms with Crippen LogP contribution in [0.1, 0.15) is 73.6 Å². The highest BCUT2D eigenvalue weighted by Gasteiger charge is 2.48. The maximum atomic E-state index is 13.2. The minimum Gasteiger partial charge on any atom is -0.329 e. The molecule has 2 saturated heterocycles. The molecule has 5 rings (SSSR count). The highest BCUT2D eigenvalue weighted by molar-refractivity contribution is 7.92. The molecule has 3 aliphatic heterocycles. The molecule has 10 nitrogen and oxygen atoms in total. The molecule has 0 atom stereocenters. The largest absolute Gasteiger partial charge is 0.389 e. The second-order valence-electron chi connectivity index (χ2n) is 12.4. The predicted octanol–water partition coefficient (Wildman–Crippen LogP) is 4.17. The number of nitrogens with zero attached hydrogens (tertiary/aromatic N) is 3. The van der Waals surface area contributed by atoms with Crippen molar-refractivity contribution in [2.24, 2.45) is 16.8 Å². The molecule has 1 aliphatic carbocycles. The summed E-state index contributed by atoms with van der Waals surface area (Å²) in [4.78, 5) is 42.8. The molecule has 4 aliphatic rings. The molecule has 3 fully saturated rings. The van der Waals surface area contributed by atoms with Gasteiger partial charge in [0.2, 0.25) is 15.9 Å². The molecular weight excluding hydrogens is 599 g/mol. The number of imide groups is 1. The van der Waals surface area contributed by atoms with Crippen molar-refractivity contribution in [2.75, 3.05) is 19.6 Å². The number of aryl methyl sites for hydroxylation is 2. The summed E-state index contributed by atoms with van der Waals surface area (Å²) < 4.78 is 65.6. The van der Waals surface area contributed by atoms with Crippen LogP contribution in [0.5, 0.6) is 0 Å². The number of benzene rings is 1. The van der Waals surface area contributed by atoms with Crippen LogP contribution < -0.4 is 10.6 Å². The number of halogens is 3. The Morgan fingerprint density at radius 2 is 1.68 bits per heavy atom. The Kier molecular flexibility index (Phi) is 8.96. The smallest absolute Gasteiger partial charge is 0.329 e. The number of carbonyl (C=O) groups excluding carboxylic acids is 3. The number of urea groups is 1. The molecular formula is C30H38F3N5O5S. The van der Waals surface area contributed by atoms with Gasteiger partial charge >= 0.3 is 12.2 Å². The van der Waals surface area contributed by atoms with Gasteiger partial charge in [-0.1, -0.05) is 12.1 Å². The molecule has 0 radical (unpaired) electrons. The minimum atomic E-state index is -4.15. The molecule has 0 bridgehead atoms. The number of nitrogens with one attached hydrogen (secondary N) is 2. The van der Waals surface area contributed by atoms with E-state index in [9.17, 15) is 36.0 Å². The number of hydrogen-bond donors (Lipinski definition) is 2. The number of alkyl halides is 3. The van der Waals surface area contributed by atoms with E-state index >= 15 is 0 Å². The predicted molar refractivity (Wildman–Crippen MR) is 158 cm³/mol. The monoisotopic (exact) mass is 637 g/mol. The van der Waals surface area contributed by atoms with E-state index in [2.05, 4.69) is 10.6 Å². The Bertz CT molecular complexity index is 1450. The number of piperidine rings is 1. The zero-order chi connectivity index (χ0) is 31.9. The minimum absolute atomic E-state index is 0.00369. The van der Waals surface area contributed by atoms with Crippen LogP contribution in [0.2, 0.25) is 0 Å². The number of hydrogen-bond acceptors (Lipinski definition) is 6. The van der Waals surface area contributed by atoms with Crippen LogP contribution in [0.3, 0.4) is 0 Å². The quantitative estimate of drug-likeness (QED) is 0.414. The normalized spacial score (nSPS) is 24.7. The third-order valence-corrected chi connectivity index (χ3v) is 10.9. The van der Waals surface area contributed by atoms with E-state index < -0.39 is 34.2 Å². The molecule has 1 aromatic rings. The van der Waals surface area contributed by atoms with Gasteiger partial charge in [0, 0.05) is 30.8 Å². The van der Waals surface area contributed by atoms with Crippen molar-refractivity contribution < 1.29 is 36.0 Å². The fourth-order valence-corrected chi connectivity index (χ4v) is 7.91. The van der Waals surface area contributed by atoms with Crippen molar-refractivity contribution in [1.29, 1.82) is 0 Å². The lowest BCUT2D eigenvalue weighted by Gasteiger charge is -2.34. The molecule has 0 aromatic heterocycles. The molecule has 2 N–H and O–H groups in total. The summed E-state index contributed by atoms with van der Waals surface area (Å²) in [5.41, 5.74) is 2.07. The van der Waals surface area contributed by atoms with E-state index in [0.29, 0.717) is 31.5 Å². The number of amides is 4. The Balaban J connectivity index is 1.18. The molecule has 14 heteroatoms. The lowest BCUT2D eigenvalue weighted by molar-refractivity contribution is -0.138. The molecule has 1 aromatic carbocycles. The Labute approximate surface area is 255 Å². The lowest BCUT2D eigenvalue weighted by atomic mass is 9.79. The Morgan fingerprint density at radius 1 is 1.05 bits per heavy atom. The summed E-state index contributed by atoms with van der Waals surface area (Å²) in [6.45, 7) is 4.04. The topological polar surface area (TPSA) is 128 Å². The van der Waals surface area contributed by atoms with Crippen molar-refractivity contribution in [3.05, 3.63) is 39.8 Å². The van der Waals surface area contributed by atoms with Gasteiger partial charge in [0.1, 0.15) is 11.4 Å². The number of aliphatic imine (C=N–C) groups is 1. The highest BCUT2D eigenvalue weighted by Crippen LogP contribution is 2.38. The first-order valence-electron chi connectivity index (χ1n) is 15.0. The van der Waals surface area contributed by atoms with Gasteiger partial charge in [0.15, 0.2) is 0 Å². The fourth-order valence-electron chi connectivity index (χ4n) is 6.73. The summed E-state index contributed by atoms with van der Waals surface area (Å²) in [6, 6.07) is 3.21. The van der Waals surface area contributed by atoms with Crippen LogP contribution in [0.4, 0.5) is 18.0 Å². The van der Waals surface area contributed by atoms with E-state index in [-0.39, 0.29) is 69.1 Å². The molecule has 0 unspecified atom stereocenters. The van der Waals surface area contributed by atoms with E-state index in [1.807, 2.05) is 26.0 Å². The molecule has 240 valence electrons. The van der Waals surface area contributed by atoms with Crippen LogP contribution in [0.15, 0.2) is 22.5 Å². The number of carbonyl (C=O) groups is 3. The van der Waals surface area contributed by atoms with Crippen molar-refractivity contribution >= 4 is 39.8 Å². The standard InChI is InChI=1S/C30H38F3N5O5S/c1-19-15-22(18-38-25(39)17-34-28(38)41)16-20(2)24(19)8-14-44(42,43)37-12-10-29(11-13-37)27(40)35-26(36-29)23-5-3-21(4-6-23)7-9-30(31,32)33/h8,14-16,21,23H,3-7,9-13,17-18H2,1-2H3,(H,34,41)(H,35,36,40)/b14-8+. The van der Waals surface area contributed by atoms with Crippen molar-refractivity contribution in [2.45, 2.75) is 83.5 Å². The molecule has 3 heterocycles. The second-order valence-corrected chi connectivity index (χ2v) is 14.2. The molecule has 1 spiro atoms. The SMILES string of the molecule is Cc1cc(CN2C(=O)CNC2=O)cc(C)c1/C=C/S(=O)(=O)N1CCC2(CC1)N=C(C1CCC(CCC(F)(F)F)CC1)NC2=O. The second kappa shape index (κ2) is 12.3. The van der Waals surface area contributed by atoms with Crippen LogP contribution in [0, 0.1) is 25.7 Å². The van der Waals surface area contributed by atoms with Gasteiger partial charge in [-0.3, -0.25) is 19.5 Å². The van der Waals surface area contributed by atoms with Crippen LogP contribution in [0.25, 0.3) is 6.08 Å². The number of rotatable bonds is 8. The van der Waals surface area contributed by atoms with Gasteiger partial charge in [-0.2, -0.15) is 17.5 Å². The number of sulfonamides is 1. The van der Waals surface area contributed by atoms with Crippen LogP contribution in [-0.4, -0.2) is 72.7 Å². The van der Waals surface area contributed by atoms with E-state index in [0.717, 1.165) is 32.6 Å². The maximum Gasteiger partial charge on any atom is 0.389 e. The van der Waals surface area contributed by atoms with Gasteiger partial charge in [-0.05, 0) is 93.0 Å². The van der Waals surface area contributed by atoms with E-state index in [1.54, 1.807) is 6.08 Å². The maximum absolute atomic E-state index is 13.2. The van der Waals surface area contributed by atoms with Gasteiger partial charge in [-0.15, -0.1) is 0 Å². The zero-order valence-electron chi connectivity index (χ0n) is 24.9. The first-order valence-corrected chi connectivity index (χ1v) is 16.5. The third-order valence-electron chi connectivity index (χ3n) is 9.32. The molecule has 44 heavy (non-hydrogen) atoms. The summed E-state index contributed by atoms with van der Waals surface area (Å²) in [7, 11) is -3.79. The van der Waals surface area contributed by atoms with Gasteiger partial charge in [0.05, 0.1) is 13.1 Å². The Hall–Kier alpha value is -3.26. The Morgan fingerprint density at radius 3 is 2.25 bits per heavy atom. The number of amidine groups is 1. The van der Waals surface area contributed by atoms with Gasteiger partial charge in [-0.25, -0.2) is 13.2 Å². The van der Waals surface area contributed by atoms with Crippen LogP contribution in [-0.2, 0) is 26.2 Å². The fraction of sp³-hybridized carbons (Fsp3) is 0.600. The first-order chi connectivity index (χ1) is 20.7. The van der Waals surface area contributed by atoms with Crippen molar-refractivity contribution in [1.82, 2.24) is 19.8 Å². The third kappa shape index (κ3) is 7.01. The van der Waals surface area contributed by atoms with Crippen molar-refractivity contribution in [3.8, 4) is 0 Å². The molecule has 4 amide bonds. The van der Waals surface area contributed by atoms with Crippen LogP contribution >= 0.6 is 0 Å². The lowest BCUT2D eigenvalue weighted by Crippen LogP contribution is -2.50. The summed E-state index contributed by atoms with van der Waals surface area (Å²) in [5.74, 6) is 0.0702. The van der Waals surface area contributed by atoms with E-state index in [4.69, 9.17) is 4.99 Å². The van der Waals surface area contributed by atoms with Gasteiger partial charge < -0.3 is 10.6 Å². The zero-order valence-corrected chi connectivity index (χ0v) is 25.7. The highest BCUT2D eigenvalue weighted by atomic mass is 32.2. The average Bonchev–Trinajstić information content (AvgIpc) is 3.44. The summed E-state index contributed by atoms with van der Waals surface area (Å²) in [5, 5.41) is 6.56. The average molecular weight is 638 g/mol. The molecule has 1 saturated carbocycles. The van der Waals surface area contributed by atoms with Gasteiger partial charge in [0.25, 0.3) is 5.91 Å². The summed E-state index contributed by atoms with van der Waals surface area (Å²) in [6.07, 6.45) is -0.0788. The summed E-state index contributed by atoms with van der Waals surface area (Å²) >= 11 is 0.